The van der Waals surface area contributed by atoms with Gasteiger partial charge in [0, 0.05) is 18.7 Å². The molecule has 4 nitrogen and oxygen atoms in total. The number of hydrogen-bond acceptors (Lipinski definition) is 2. The highest BCUT2D eigenvalue weighted by molar-refractivity contribution is 5.98. The van der Waals surface area contributed by atoms with Gasteiger partial charge in [0.2, 0.25) is 5.91 Å². The fourth-order valence-corrected chi connectivity index (χ4v) is 2.97. The molecule has 1 atom stereocenters. The van der Waals surface area contributed by atoms with Crippen molar-refractivity contribution in [2.24, 2.45) is 0 Å². The van der Waals surface area contributed by atoms with E-state index in [1.54, 1.807) is 4.90 Å². The summed E-state index contributed by atoms with van der Waals surface area (Å²) in [5.41, 5.74) is 2.82. The van der Waals surface area contributed by atoms with Crippen molar-refractivity contribution in [2.75, 3.05) is 13.1 Å². The Bertz CT molecular complexity index is 695. The normalized spacial score (nSPS) is 17.7. The second kappa shape index (κ2) is 6.65. The summed E-state index contributed by atoms with van der Waals surface area (Å²) < 4.78 is 0. The smallest absolute Gasteiger partial charge is 0.254 e. The number of carbonyl (C=O) groups is 2. The molecule has 0 unspecified atom stereocenters. The van der Waals surface area contributed by atoms with E-state index in [9.17, 15) is 9.59 Å². The van der Waals surface area contributed by atoms with E-state index >= 15 is 0 Å². The molecule has 2 aromatic rings. The molecule has 3 rings (SSSR count). The van der Waals surface area contributed by atoms with Gasteiger partial charge in [-0.05, 0) is 29.7 Å². The Kier molecular flexibility index (Phi) is 4.42. The van der Waals surface area contributed by atoms with Gasteiger partial charge in [0.05, 0.1) is 0 Å². The number of hydrogen-bond donors (Lipinski definition) is 1. The van der Waals surface area contributed by atoms with E-state index in [0.29, 0.717) is 25.1 Å². The van der Waals surface area contributed by atoms with Crippen molar-refractivity contribution < 1.29 is 9.59 Å². The lowest BCUT2D eigenvalue weighted by atomic mass is 10.0. The van der Waals surface area contributed by atoms with Crippen molar-refractivity contribution in [3.8, 4) is 11.1 Å². The molecule has 1 fully saturated rings. The molecule has 0 aromatic heterocycles. The first-order valence-corrected chi connectivity index (χ1v) is 7.95. The molecule has 0 radical (unpaired) electrons. The fourth-order valence-electron chi connectivity index (χ4n) is 2.97. The van der Waals surface area contributed by atoms with E-state index in [4.69, 9.17) is 0 Å². The van der Waals surface area contributed by atoms with Gasteiger partial charge >= 0.3 is 0 Å². The average molecular weight is 308 g/mol. The minimum atomic E-state index is -0.370. The lowest BCUT2D eigenvalue weighted by Crippen LogP contribution is -2.56. The molecule has 0 spiro atoms. The van der Waals surface area contributed by atoms with Gasteiger partial charge in [0.15, 0.2) is 0 Å². The molecule has 1 N–H and O–H groups in total. The highest BCUT2D eigenvalue weighted by Gasteiger charge is 2.31. The predicted octanol–water partition coefficient (Wildman–Crippen LogP) is 2.70. The van der Waals surface area contributed by atoms with E-state index in [-0.39, 0.29) is 17.9 Å². The second-order valence-electron chi connectivity index (χ2n) is 5.66. The van der Waals surface area contributed by atoms with Gasteiger partial charge in [0.25, 0.3) is 5.91 Å². The minimum Gasteiger partial charge on any atom is -0.353 e. The number of piperazine rings is 1. The number of rotatable bonds is 3. The summed E-state index contributed by atoms with van der Waals surface area (Å²) >= 11 is 0. The molecule has 1 heterocycles. The van der Waals surface area contributed by atoms with Crippen LogP contribution in [0, 0.1) is 0 Å². The van der Waals surface area contributed by atoms with Crippen LogP contribution in [0.15, 0.2) is 54.6 Å². The van der Waals surface area contributed by atoms with Crippen molar-refractivity contribution in [1.29, 1.82) is 0 Å². The van der Waals surface area contributed by atoms with Crippen molar-refractivity contribution in [1.82, 2.24) is 10.2 Å². The molecule has 1 aliphatic rings. The first-order valence-electron chi connectivity index (χ1n) is 7.95. The third-order valence-electron chi connectivity index (χ3n) is 4.22. The van der Waals surface area contributed by atoms with Crippen LogP contribution >= 0.6 is 0 Å². The first-order chi connectivity index (χ1) is 11.2. The first kappa shape index (κ1) is 15.3. The molecule has 4 heteroatoms. The zero-order valence-corrected chi connectivity index (χ0v) is 13.2. The molecular weight excluding hydrogens is 288 g/mol. The summed E-state index contributed by atoms with van der Waals surface area (Å²) in [6, 6.07) is 17.3. The molecule has 0 saturated carbocycles. The van der Waals surface area contributed by atoms with Crippen LogP contribution in [0.4, 0.5) is 0 Å². The Morgan fingerprint density at radius 1 is 1.09 bits per heavy atom. The van der Waals surface area contributed by atoms with Crippen molar-refractivity contribution in [2.45, 2.75) is 19.4 Å². The van der Waals surface area contributed by atoms with Crippen LogP contribution in [0.3, 0.4) is 0 Å². The van der Waals surface area contributed by atoms with Gasteiger partial charge in [-0.2, -0.15) is 0 Å². The molecule has 0 bridgehead atoms. The van der Waals surface area contributed by atoms with Crippen molar-refractivity contribution in [3.05, 3.63) is 60.2 Å². The zero-order chi connectivity index (χ0) is 16.2. The summed E-state index contributed by atoms with van der Waals surface area (Å²) in [5.74, 6) is -0.140. The van der Waals surface area contributed by atoms with Gasteiger partial charge in [-0.1, -0.05) is 49.4 Å². The molecule has 23 heavy (non-hydrogen) atoms. The lowest BCUT2D eigenvalue weighted by molar-refractivity contribution is -0.127. The monoisotopic (exact) mass is 308 g/mol. The van der Waals surface area contributed by atoms with E-state index in [0.717, 1.165) is 11.1 Å². The molecule has 1 saturated heterocycles. The van der Waals surface area contributed by atoms with Gasteiger partial charge in [0.1, 0.15) is 6.04 Å². The highest BCUT2D eigenvalue weighted by atomic mass is 16.2. The van der Waals surface area contributed by atoms with Gasteiger partial charge in [-0.15, -0.1) is 0 Å². The van der Waals surface area contributed by atoms with E-state index in [1.165, 1.54) is 0 Å². The lowest BCUT2D eigenvalue weighted by Gasteiger charge is -2.34. The summed E-state index contributed by atoms with van der Waals surface area (Å²) in [4.78, 5) is 26.3. The van der Waals surface area contributed by atoms with E-state index in [1.807, 2.05) is 61.5 Å². The van der Waals surface area contributed by atoms with Crippen LogP contribution in [0.5, 0.6) is 0 Å². The van der Waals surface area contributed by atoms with Crippen LogP contribution in [0.25, 0.3) is 11.1 Å². The van der Waals surface area contributed by atoms with Gasteiger partial charge in [-0.25, -0.2) is 0 Å². The number of nitrogens with zero attached hydrogens (tertiary/aromatic N) is 1. The minimum absolute atomic E-state index is 0.0620. The Labute approximate surface area is 136 Å². The summed E-state index contributed by atoms with van der Waals surface area (Å²) in [6.07, 6.45) is 0.625. The maximum absolute atomic E-state index is 12.7. The fraction of sp³-hybridized carbons (Fsp3) is 0.263. The van der Waals surface area contributed by atoms with Crippen LogP contribution in [0.2, 0.25) is 0 Å². The second-order valence-corrected chi connectivity index (χ2v) is 5.66. The van der Waals surface area contributed by atoms with Crippen LogP contribution in [-0.4, -0.2) is 35.8 Å². The summed E-state index contributed by atoms with van der Waals surface area (Å²) in [5, 5.41) is 2.82. The third kappa shape index (κ3) is 3.11. The number of carbonyl (C=O) groups excluding carboxylic acids is 2. The Hall–Kier alpha value is -2.62. The maximum Gasteiger partial charge on any atom is 0.254 e. The van der Waals surface area contributed by atoms with Crippen molar-refractivity contribution >= 4 is 11.8 Å². The topological polar surface area (TPSA) is 49.4 Å². The molecule has 0 aliphatic carbocycles. The zero-order valence-electron chi connectivity index (χ0n) is 13.2. The summed E-state index contributed by atoms with van der Waals surface area (Å²) in [6.45, 7) is 3.00. The van der Waals surface area contributed by atoms with Crippen LogP contribution in [-0.2, 0) is 4.79 Å². The Morgan fingerprint density at radius 2 is 1.74 bits per heavy atom. The molecule has 2 aromatic carbocycles. The Balaban J connectivity index is 1.81. The number of amides is 2. The SMILES string of the molecule is CC[C@H]1C(=O)NCCN1C(=O)c1ccc(-c2ccccc2)cc1. The van der Waals surface area contributed by atoms with Crippen molar-refractivity contribution in [3.63, 3.8) is 0 Å². The molecule has 1 aliphatic heterocycles. The van der Waals surface area contributed by atoms with Gasteiger partial charge < -0.3 is 10.2 Å². The quantitative estimate of drug-likeness (QED) is 0.948. The van der Waals surface area contributed by atoms with E-state index < -0.39 is 0 Å². The van der Waals surface area contributed by atoms with Crippen LogP contribution in [0.1, 0.15) is 23.7 Å². The maximum atomic E-state index is 12.7. The van der Waals surface area contributed by atoms with E-state index in [2.05, 4.69) is 5.32 Å². The van der Waals surface area contributed by atoms with Gasteiger partial charge in [-0.3, -0.25) is 9.59 Å². The number of benzene rings is 2. The predicted molar refractivity (Wildman–Crippen MR) is 90.0 cm³/mol. The molecule has 118 valence electrons. The molecule has 2 amide bonds. The highest BCUT2D eigenvalue weighted by Crippen LogP contribution is 2.21. The summed E-state index contributed by atoms with van der Waals surface area (Å²) in [7, 11) is 0. The number of nitrogens with one attached hydrogen (secondary N) is 1. The third-order valence-corrected chi connectivity index (χ3v) is 4.22. The largest absolute Gasteiger partial charge is 0.353 e. The van der Waals surface area contributed by atoms with Crippen LogP contribution < -0.4 is 5.32 Å². The average Bonchev–Trinajstić information content (AvgIpc) is 2.62. The standard InChI is InChI=1S/C19H20N2O2/c1-2-17-18(22)20-12-13-21(17)19(23)16-10-8-15(9-11-16)14-6-4-3-5-7-14/h3-11,17H,2,12-13H2,1H3,(H,20,22)/t17-/m0/s1. The Morgan fingerprint density at radius 3 is 2.39 bits per heavy atom. The molecular formula is C19H20N2O2.